The minimum absolute atomic E-state index is 0.120. The van der Waals surface area contributed by atoms with E-state index in [2.05, 4.69) is 4.74 Å². The normalized spacial score (nSPS) is 37.2. The van der Waals surface area contributed by atoms with Crippen LogP contribution in [-0.2, 0) is 29.2 Å². The molecule has 0 spiro atoms. The number of esters is 2. The van der Waals surface area contributed by atoms with E-state index in [9.17, 15) is 35.6 Å². The molecule has 2 aliphatic carbocycles. The molecule has 1 aliphatic heterocycles. The molecule has 136 valence electrons. The number of hydrogen-bond donors (Lipinski definition) is 1. The van der Waals surface area contributed by atoms with Crippen LogP contribution in [0, 0.1) is 23.7 Å². The number of carbonyl (C=O) groups is 2. The molecule has 1 saturated heterocycles. The van der Waals surface area contributed by atoms with E-state index in [1.807, 2.05) is 0 Å². The van der Waals surface area contributed by atoms with E-state index in [1.54, 1.807) is 0 Å². The van der Waals surface area contributed by atoms with E-state index >= 15 is 0 Å². The Labute approximate surface area is 133 Å². The summed E-state index contributed by atoms with van der Waals surface area (Å²) in [7, 11) is -6.45. The maximum absolute atomic E-state index is 13.8. The van der Waals surface area contributed by atoms with Crippen LogP contribution in [-0.4, -0.2) is 48.8 Å². The van der Waals surface area contributed by atoms with Crippen LogP contribution in [0.2, 0.25) is 0 Å². The van der Waals surface area contributed by atoms with Crippen molar-refractivity contribution >= 4 is 22.1 Å². The Morgan fingerprint density at radius 3 is 2.46 bits per heavy atom. The van der Waals surface area contributed by atoms with Crippen LogP contribution < -0.4 is 0 Å². The fourth-order valence-corrected chi connectivity index (χ4v) is 4.50. The quantitative estimate of drug-likeness (QED) is 0.440. The van der Waals surface area contributed by atoms with Gasteiger partial charge < -0.3 is 9.47 Å². The van der Waals surface area contributed by atoms with Crippen molar-refractivity contribution in [3.05, 3.63) is 0 Å². The van der Waals surface area contributed by atoms with Gasteiger partial charge in [0.25, 0.3) is 0 Å². The summed E-state index contributed by atoms with van der Waals surface area (Å²) < 4.78 is 90.9. The number of rotatable bonds is 4. The highest BCUT2D eigenvalue weighted by atomic mass is 32.2. The fourth-order valence-electron chi connectivity index (χ4n) is 3.94. The first kappa shape index (κ1) is 17.4. The van der Waals surface area contributed by atoms with Crippen molar-refractivity contribution in [2.24, 2.45) is 23.7 Å². The van der Waals surface area contributed by atoms with Crippen molar-refractivity contribution in [2.75, 3.05) is 6.61 Å². The van der Waals surface area contributed by atoms with Gasteiger partial charge >= 0.3 is 33.2 Å². The number of halogens is 4. The van der Waals surface area contributed by atoms with Crippen LogP contribution in [0.1, 0.15) is 12.8 Å². The molecule has 12 heteroatoms. The summed E-state index contributed by atoms with van der Waals surface area (Å²) in [5, 5.41) is -5.56. The van der Waals surface area contributed by atoms with Crippen LogP contribution in [0.25, 0.3) is 0 Å². The molecule has 7 nitrogen and oxygen atoms in total. The topological polar surface area (TPSA) is 107 Å². The third kappa shape index (κ3) is 2.22. The van der Waals surface area contributed by atoms with Gasteiger partial charge in [-0.15, -0.1) is 0 Å². The van der Waals surface area contributed by atoms with Crippen LogP contribution >= 0.6 is 0 Å². The molecular formula is C12H12F4O7S. The van der Waals surface area contributed by atoms with Crippen molar-refractivity contribution in [1.82, 2.24) is 0 Å². The molecular weight excluding hydrogens is 364 g/mol. The minimum Gasteiger partial charge on any atom is -0.462 e. The SMILES string of the molecule is O=C1OC2C(COC(=O)C(F)(C(F)(F)F)S(=O)(=O)O)C3CC1C2C3. The average molecular weight is 376 g/mol. The lowest BCUT2D eigenvalue weighted by molar-refractivity contribution is -0.216. The fraction of sp³-hybridized carbons (Fsp3) is 0.833. The van der Waals surface area contributed by atoms with Gasteiger partial charge in [0.2, 0.25) is 0 Å². The molecule has 1 N–H and O–H groups in total. The monoisotopic (exact) mass is 376 g/mol. The first-order valence-electron chi connectivity index (χ1n) is 6.98. The highest BCUT2D eigenvalue weighted by Crippen LogP contribution is 2.57. The summed E-state index contributed by atoms with van der Waals surface area (Å²) in [6, 6.07) is 0. The molecule has 2 saturated carbocycles. The summed E-state index contributed by atoms with van der Waals surface area (Å²) in [6.07, 6.45) is -5.85. The second-order valence-corrected chi connectivity index (χ2v) is 7.75. The van der Waals surface area contributed by atoms with Crippen molar-refractivity contribution in [3.8, 4) is 0 Å². The smallest absolute Gasteiger partial charge is 0.451 e. The Bertz CT molecular complexity index is 690. The molecule has 3 fully saturated rings. The van der Waals surface area contributed by atoms with E-state index in [1.165, 1.54) is 0 Å². The Kier molecular flexibility index (Phi) is 3.65. The predicted molar refractivity (Wildman–Crippen MR) is 65.5 cm³/mol. The lowest BCUT2D eigenvalue weighted by Gasteiger charge is -2.27. The van der Waals surface area contributed by atoms with E-state index < -0.39 is 51.9 Å². The van der Waals surface area contributed by atoms with Crippen molar-refractivity contribution in [1.29, 1.82) is 0 Å². The molecule has 6 atom stereocenters. The molecule has 3 rings (SSSR count). The summed E-state index contributed by atoms with van der Waals surface area (Å²) in [5.74, 6) is -4.35. The van der Waals surface area contributed by atoms with Crippen molar-refractivity contribution < 1.29 is 49.6 Å². The Morgan fingerprint density at radius 2 is 1.92 bits per heavy atom. The van der Waals surface area contributed by atoms with Crippen LogP contribution in [0.5, 0.6) is 0 Å². The molecule has 3 aliphatic rings. The van der Waals surface area contributed by atoms with E-state index in [0.29, 0.717) is 12.8 Å². The third-order valence-electron chi connectivity index (χ3n) is 5.04. The molecule has 0 aromatic rings. The molecule has 0 aromatic heterocycles. The molecule has 2 bridgehead atoms. The lowest BCUT2D eigenvalue weighted by Crippen LogP contribution is -2.55. The van der Waals surface area contributed by atoms with Crippen molar-refractivity contribution in [3.63, 3.8) is 0 Å². The summed E-state index contributed by atoms with van der Waals surface area (Å²) in [4.78, 5) is 23.0. The van der Waals surface area contributed by atoms with Gasteiger partial charge in [-0.05, 0) is 18.8 Å². The van der Waals surface area contributed by atoms with Crippen molar-refractivity contribution in [2.45, 2.75) is 30.1 Å². The largest absolute Gasteiger partial charge is 0.462 e. The maximum Gasteiger partial charge on any atom is 0.451 e. The lowest BCUT2D eigenvalue weighted by atomic mass is 9.83. The molecule has 0 amide bonds. The van der Waals surface area contributed by atoms with Gasteiger partial charge in [0.1, 0.15) is 6.10 Å². The van der Waals surface area contributed by atoms with Crippen LogP contribution in [0.3, 0.4) is 0 Å². The third-order valence-corrected chi connectivity index (χ3v) is 6.15. The molecule has 0 radical (unpaired) electrons. The summed E-state index contributed by atoms with van der Waals surface area (Å²) in [5.41, 5.74) is 0. The highest BCUT2D eigenvalue weighted by Gasteiger charge is 2.73. The minimum atomic E-state index is -6.45. The zero-order valence-corrected chi connectivity index (χ0v) is 12.6. The van der Waals surface area contributed by atoms with Gasteiger partial charge in [0.15, 0.2) is 0 Å². The van der Waals surface area contributed by atoms with Gasteiger partial charge in [-0.25, -0.2) is 9.18 Å². The Balaban J connectivity index is 1.73. The zero-order valence-electron chi connectivity index (χ0n) is 11.8. The van der Waals surface area contributed by atoms with Gasteiger partial charge in [-0.1, -0.05) is 0 Å². The average Bonchev–Trinajstić information content (AvgIpc) is 3.04. The zero-order chi connectivity index (χ0) is 18.1. The molecule has 1 heterocycles. The number of ether oxygens (including phenoxy) is 2. The standard InChI is InChI=1S/C12H12F4O7S/c13-11(12(14,15)16,24(19,20)21)10(18)22-3-7-4-1-5-6(2-4)9(17)23-8(5)7/h4-8H,1-3H2,(H,19,20,21). The number of hydrogen-bond acceptors (Lipinski definition) is 6. The predicted octanol–water partition coefficient (Wildman–Crippen LogP) is 0.843. The second-order valence-electron chi connectivity index (χ2n) is 6.23. The Morgan fingerprint density at radius 1 is 1.29 bits per heavy atom. The van der Waals surface area contributed by atoms with Gasteiger partial charge in [-0.2, -0.15) is 21.6 Å². The number of fused-ring (bicyclic) bond motifs is 1. The van der Waals surface area contributed by atoms with E-state index in [4.69, 9.17) is 9.29 Å². The van der Waals surface area contributed by atoms with Gasteiger partial charge in [-0.3, -0.25) is 9.35 Å². The molecule has 0 aromatic carbocycles. The molecule has 6 unspecified atom stereocenters. The van der Waals surface area contributed by atoms with Crippen LogP contribution in [0.15, 0.2) is 0 Å². The summed E-state index contributed by atoms with van der Waals surface area (Å²) >= 11 is 0. The first-order valence-corrected chi connectivity index (χ1v) is 8.42. The Hall–Kier alpha value is -1.43. The van der Waals surface area contributed by atoms with E-state index in [0.717, 1.165) is 0 Å². The molecule has 24 heavy (non-hydrogen) atoms. The second kappa shape index (κ2) is 5.04. The summed E-state index contributed by atoms with van der Waals surface area (Å²) in [6.45, 7) is -0.734. The number of carbonyl (C=O) groups excluding carboxylic acids is 2. The van der Waals surface area contributed by atoms with Crippen LogP contribution in [0.4, 0.5) is 17.6 Å². The highest BCUT2D eigenvalue weighted by molar-refractivity contribution is 7.88. The first-order chi connectivity index (χ1) is 10.9. The van der Waals surface area contributed by atoms with Gasteiger partial charge in [0.05, 0.1) is 12.5 Å². The van der Waals surface area contributed by atoms with Gasteiger partial charge in [0, 0.05) is 11.8 Å². The van der Waals surface area contributed by atoms with E-state index in [-0.39, 0.29) is 17.8 Å². The number of alkyl halides is 4. The maximum atomic E-state index is 13.8.